The van der Waals surface area contributed by atoms with Crippen LogP contribution in [0.2, 0.25) is 0 Å². The van der Waals surface area contributed by atoms with E-state index in [2.05, 4.69) is 43.4 Å². The van der Waals surface area contributed by atoms with Crippen LogP contribution in [0.5, 0.6) is 0 Å². The Labute approximate surface area is 116 Å². The van der Waals surface area contributed by atoms with E-state index in [-0.39, 0.29) is 6.10 Å². The predicted molar refractivity (Wildman–Crippen MR) is 77.3 cm³/mol. The Morgan fingerprint density at radius 3 is 2.79 bits per heavy atom. The molecule has 0 aromatic heterocycles. The molecule has 1 aliphatic rings. The summed E-state index contributed by atoms with van der Waals surface area (Å²) in [4.78, 5) is 0. The van der Waals surface area contributed by atoms with Crippen LogP contribution in [-0.4, -0.2) is 31.9 Å². The molecule has 19 heavy (non-hydrogen) atoms. The summed E-state index contributed by atoms with van der Waals surface area (Å²) < 4.78 is 11.2. The van der Waals surface area contributed by atoms with Crippen molar-refractivity contribution in [3.8, 4) is 0 Å². The fourth-order valence-corrected chi connectivity index (χ4v) is 2.29. The lowest BCUT2D eigenvalue weighted by Crippen LogP contribution is -2.25. The van der Waals surface area contributed by atoms with E-state index in [1.54, 1.807) is 0 Å². The molecule has 0 bridgehead atoms. The maximum absolute atomic E-state index is 5.91. The molecule has 3 heteroatoms. The Hall–Kier alpha value is -0.900. The summed E-state index contributed by atoms with van der Waals surface area (Å²) in [5.41, 5.74) is 2.69. The maximum Gasteiger partial charge on any atom is 0.0834 e. The van der Waals surface area contributed by atoms with Gasteiger partial charge in [0, 0.05) is 12.6 Å². The van der Waals surface area contributed by atoms with E-state index in [0.29, 0.717) is 12.6 Å². The van der Waals surface area contributed by atoms with E-state index in [1.165, 1.54) is 11.1 Å². The Balaban J connectivity index is 1.84. The van der Waals surface area contributed by atoms with E-state index < -0.39 is 0 Å². The third-order valence-corrected chi connectivity index (χ3v) is 3.43. The zero-order chi connectivity index (χ0) is 13.5. The SMILES string of the molecule is CC(C)NCCc1ccccc1COC1CCOC1. The topological polar surface area (TPSA) is 30.5 Å². The van der Waals surface area contributed by atoms with Crippen molar-refractivity contribution >= 4 is 0 Å². The molecule has 1 aromatic carbocycles. The second-order valence-corrected chi connectivity index (χ2v) is 5.42. The van der Waals surface area contributed by atoms with Crippen molar-refractivity contribution in [2.45, 2.75) is 45.4 Å². The van der Waals surface area contributed by atoms with Crippen LogP contribution in [0.15, 0.2) is 24.3 Å². The molecule has 1 heterocycles. The first-order chi connectivity index (χ1) is 9.25. The zero-order valence-corrected chi connectivity index (χ0v) is 12.0. The highest BCUT2D eigenvalue weighted by atomic mass is 16.5. The number of hydrogen-bond acceptors (Lipinski definition) is 3. The largest absolute Gasteiger partial charge is 0.379 e. The molecule has 1 N–H and O–H groups in total. The smallest absolute Gasteiger partial charge is 0.0834 e. The van der Waals surface area contributed by atoms with Crippen LogP contribution in [0.3, 0.4) is 0 Å². The minimum absolute atomic E-state index is 0.279. The van der Waals surface area contributed by atoms with E-state index in [4.69, 9.17) is 9.47 Å². The van der Waals surface area contributed by atoms with E-state index in [1.807, 2.05) is 0 Å². The van der Waals surface area contributed by atoms with Crippen LogP contribution in [-0.2, 0) is 22.5 Å². The first kappa shape index (κ1) is 14.5. The fourth-order valence-electron chi connectivity index (χ4n) is 2.29. The van der Waals surface area contributed by atoms with Crippen molar-refractivity contribution in [1.82, 2.24) is 5.32 Å². The van der Waals surface area contributed by atoms with Crippen molar-refractivity contribution in [3.63, 3.8) is 0 Å². The molecular formula is C16H25NO2. The minimum Gasteiger partial charge on any atom is -0.379 e. The van der Waals surface area contributed by atoms with Gasteiger partial charge in [-0.1, -0.05) is 38.1 Å². The highest BCUT2D eigenvalue weighted by Gasteiger charge is 2.16. The van der Waals surface area contributed by atoms with Crippen molar-refractivity contribution < 1.29 is 9.47 Å². The van der Waals surface area contributed by atoms with Crippen LogP contribution in [0, 0.1) is 0 Å². The van der Waals surface area contributed by atoms with Gasteiger partial charge in [0.05, 0.1) is 19.3 Å². The monoisotopic (exact) mass is 263 g/mol. The molecule has 3 nitrogen and oxygen atoms in total. The molecule has 0 spiro atoms. The van der Waals surface area contributed by atoms with Crippen LogP contribution < -0.4 is 5.32 Å². The van der Waals surface area contributed by atoms with Crippen LogP contribution in [0.4, 0.5) is 0 Å². The second-order valence-electron chi connectivity index (χ2n) is 5.42. The molecule has 0 aliphatic carbocycles. The van der Waals surface area contributed by atoms with Crippen molar-refractivity contribution in [2.75, 3.05) is 19.8 Å². The van der Waals surface area contributed by atoms with Gasteiger partial charge >= 0.3 is 0 Å². The number of nitrogens with one attached hydrogen (secondary N) is 1. The van der Waals surface area contributed by atoms with Gasteiger partial charge in [-0.3, -0.25) is 0 Å². The highest BCUT2D eigenvalue weighted by molar-refractivity contribution is 5.26. The van der Waals surface area contributed by atoms with Gasteiger partial charge in [-0.25, -0.2) is 0 Å². The first-order valence-corrected chi connectivity index (χ1v) is 7.25. The van der Waals surface area contributed by atoms with Gasteiger partial charge in [0.25, 0.3) is 0 Å². The fraction of sp³-hybridized carbons (Fsp3) is 0.625. The second kappa shape index (κ2) is 7.63. The molecule has 1 saturated heterocycles. The Morgan fingerprint density at radius 1 is 1.32 bits per heavy atom. The lowest BCUT2D eigenvalue weighted by Gasteiger charge is -2.14. The maximum atomic E-state index is 5.91. The highest BCUT2D eigenvalue weighted by Crippen LogP contribution is 2.15. The molecule has 0 saturated carbocycles. The lowest BCUT2D eigenvalue weighted by molar-refractivity contribution is 0.0314. The summed E-state index contributed by atoms with van der Waals surface area (Å²) in [5, 5.41) is 3.46. The molecule has 1 aliphatic heterocycles. The van der Waals surface area contributed by atoms with Gasteiger partial charge in [0.15, 0.2) is 0 Å². The van der Waals surface area contributed by atoms with Gasteiger partial charge < -0.3 is 14.8 Å². The summed E-state index contributed by atoms with van der Waals surface area (Å²) in [6.07, 6.45) is 2.36. The van der Waals surface area contributed by atoms with Crippen molar-refractivity contribution in [2.24, 2.45) is 0 Å². The lowest BCUT2D eigenvalue weighted by atomic mass is 10.1. The number of rotatable bonds is 7. The molecule has 106 valence electrons. The zero-order valence-electron chi connectivity index (χ0n) is 12.0. The third kappa shape index (κ3) is 4.94. The molecule has 0 radical (unpaired) electrons. The van der Waals surface area contributed by atoms with Gasteiger partial charge in [0.2, 0.25) is 0 Å². The van der Waals surface area contributed by atoms with E-state index in [0.717, 1.165) is 32.6 Å². The van der Waals surface area contributed by atoms with E-state index >= 15 is 0 Å². The minimum atomic E-state index is 0.279. The molecule has 1 aromatic rings. The summed E-state index contributed by atoms with van der Waals surface area (Å²) in [6, 6.07) is 9.10. The van der Waals surface area contributed by atoms with Gasteiger partial charge in [0.1, 0.15) is 0 Å². The Kier molecular flexibility index (Phi) is 5.83. The number of hydrogen-bond donors (Lipinski definition) is 1. The van der Waals surface area contributed by atoms with E-state index in [9.17, 15) is 0 Å². The van der Waals surface area contributed by atoms with Crippen LogP contribution in [0.25, 0.3) is 0 Å². The Bertz CT molecular complexity index is 373. The quantitative estimate of drug-likeness (QED) is 0.820. The molecule has 0 amide bonds. The number of ether oxygens (including phenoxy) is 2. The van der Waals surface area contributed by atoms with Gasteiger partial charge in [-0.2, -0.15) is 0 Å². The summed E-state index contributed by atoms with van der Waals surface area (Å²) >= 11 is 0. The van der Waals surface area contributed by atoms with Crippen LogP contribution in [0.1, 0.15) is 31.4 Å². The summed E-state index contributed by atoms with van der Waals surface area (Å²) in [5.74, 6) is 0. The normalized spacial score (nSPS) is 19.2. The van der Waals surface area contributed by atoms with Crippen molar-refractivity contribution in [1.29, 1.82) is 0 Å². The average molecular weight is 263 g/mol. The molecular weight excluding hydrogens is 238 g/mol. The predicted octanol–water partition coefficient (Wildman–Crippen LogP) is 2.53. The Morgan fingerprint density at radius 2 is 2.11 bits per heavy atom. The molecule has 1 atom stereocenters. The van der Waals surface area contributed by atoms with Crippen molar-refractivity contribution in [3.05, 3.63) is 35.4 Å². The van der Waals surface area contributed by atoms with Gasteiger partial charge in [-0.15, -0.1) is 0 Å². The standard InChI is InChI=1S/C16H25NO2/c1-13(2)17-9-7-14-5-3-4-6-15(14)11-19-16-8-10-18-12-16/h3-6,13,16-17H,7-12H2,1-2H3. The summed E-state index contributed by atoms with van der Waals surface area (Å²) in [7, 11) is 0. The molecule has 2 rings (SSSR count). The summed E-state index contributed by atoms with van der Waals surface area (Å²) in [6.45, 7) is 7.65. The van der Waals surface area contributed by atoms with Gasteiger partial charge in [-0.05, 0) is 30.5 Å². The number of benzene rings is 1. The molecule has 1 fully saturated rings. The molecule has 1 unspecified atom stereocenters. The first-order valence-electron chi connectivity index (χ1n) is 7.25. The van der Waals surface area contributed by atoms with Crippen LogP contribution >= 0.6 is 0 Å². The third-order valence-electron chi connectivity index (χ3n) is 3.43. The average Bonchev–Trinajstić information content (AvgIpc) is 2.90.